The highest BCUT2D eigenvalue weighted by Gasteiger charge is 2.43. The largest absolute Gasteiger partial charge is 0.493 e. The zero-order valence-electron chi connectivity index (χ0n) is 16.9. The van der Waals surface area contributed by atoms with Crippen molar-refractivity contribution in [3.63, 3.8) is 0 Å². The van der Waals surface area contributed by atoms with E-state index in [-0.39, 0.29) is 30.0 Å². The molecular weight excluding hydrogens is 398 g/mol. The van der Waals surface area contributed by atoms with Crippen molar-refractivity contribution in [2.45, 2.75) is 31.7 Å². The van der Waals surface area contributed by atoms with E-state index in [1.807, 2.05) is 0 Å². The molecule has 0 aromatic heterocycles. The summed E-state index contributed by atoms with van der Waals surface area (Å²) in [5.74, 6) is 0.826. The van der Waals surface area contributed by atoms with Crippen molar-refractivity contribution in [2.75, 3.05) is 21.3 Å². The maximum Gasteiger partial charge on any atom is 0.247 e. The molecule has 2 aromatic rings. The van der Waals surface area contributed by atoms with Crippen molar-refractivity contribution in [3.8, 4) is 17.2 Å². The number of methoxy groups -OCH3 is 3. The molecule has 0 aliphatic heterocycles. The van der Waals surface area contributed by atoms with Crippen LogP contribution in [0.3, 0.4) is 0 Å². The molecular formula is C21H24ClNO6. The van der Waals surface area contributed by atoms with Crippen LogP contribution in [0.1, 0.15) is 42.1 Å². The lowest BCUT2D eigenvalue weighted by Gasteiger charge is -2.24. The lowest BCUT2D eigenvalue weighted by atomic mass is 9.82. The molecule has 0 bridgehead atoms. The number of hydrogen-bond donors (Lipinski definition) is 0. The molecule has 0 aliphatic rings. The number of Topliss-reactive ketones (excluding diaryl/α,β-unsaturated/α-hetero) is 1. The van der Waals surface area contributed by atoms with Crippen molar-refractivity contribution < 1.29 is 23.9 Å². The quantitative estimate of drug-likeness (QED) is 0.307. The number of nitro groups is 1. The van der Waals surface area contributed by atoms with Gasteiger partial charge < -0.3 is 14.2 Å². The maximum atomic E-state index is 12.9. The van der Waals surface area contributed by atoms with Crippen LogP contribution in [0.15, 0.2) is 36.4 Å². The van der Waals surface area contributed by atoms with E-state index in [4.69, 9.17) is 25.8 Å². The minimum atomic E-state index is -1.37. The molecule has 0 saturated carbocycles. The molecule has 0 saturated heterocycles. The Hall–Kier alpha value is -2.80. The summed E-state index contributed by atoms with van der Waals surface area (Å²) in [6.45, 7) is 1.74. The van der Waals surface area contributed by atoms with E-state index in [0.717, 1.165) is 0 Å². The Morgan fingerprint density at radius 1 is 1.07 bits per heavy atom. The van der Waals surface area contributed by atoms with Gasteiger partial charge in [-0.1, -0.05) is 30.7 Å². The molecule has 8 heteroatoms. The van der Waals surface area contributed by atoms with E-state index in [1.165, 1.54) is 21.3 Å². The van der Waals surface area contributed by atoms with Gasteiger partial charge in [0, 0.05) is 40.3 Å². The van der Waals surface area contributed by atoms with Gasteiger partial charge in [0.25, 0.3) is 0 Å². The van der Waals surface area contributed by atoms with Crippen molar-refractivity contribution in [2.24, 2.45) is 0 Å². The van der Waals surface area contributed by atoms with Crippen LogP contribution in [0.5, 0.6) is 17.2 Å². The molecule has 29 heavy (non-hydrogen) atoms. The zero-order valence-corrected chi connectivity index (χ0v) is 17.6. The molecule has 0 aliphatic carbocycles. The predicted molar refractivity (Wildman–Crippen MR) is 110 cm³/mol. The number of benzene rings is 2. The molecule has 2 rings (SSSR count). The van der Waals surface area contributed by atoms with Crippen LogP contribution in [0.4, 0.5) is 0 Å². The Morgan fingerprint density at radius 2 is 1.62 bits per heavy atom. The minimum absolute atomic E-state index is 0.0178. The predicted octanol–water partition coefficient (Wildman–Crippen LogP) is 4.91. The molecule has 7 nitrogen and oxygen atoms in total. The van der Waals surface area contributed by atoms with Gasteiger partial charge in [0.1, 0.15) is 0 Å². The highest BCUT2D eigenvalue weighted by atomic mass is 35.5. The first kappa shape index (κ1) is 22.5. The summed E-state index contributed by atoms with van der Waals surface area (Å²) in [6.07, 6.45) is 0.272. The fourth-order valence-electron chi connectivity index (χ4n) is 3.32. The number of nitrogens with zero attached hydrogens (tertiary/aromatic N) is 1. The first-order valence-electron chi connectivity index (χ1n) is 9.06. The number of hydrogen-bond acceptors (Lipinski definition) is 6. The molecule has 0 heterocycles. The lowest BCUT2D eigenvalue weighted by molar-refractivity contribution is -0.581. The van der Waals surface area contributed by atoms with Crippen LogP contribution < -0.4 is 14.2 Å². The van der Waals surface area contributed by atoms with Gasteiger partial charge in [-0.3, -0.25) is 14.9 Å². The molecule has 0 radical (unpaired) electrons. The molecule has 1 atom stereocenters. The van der Waals surface area contributed by atoms with Gasteiger partial charge in [0.2, 0.25) is 11.3 Å². The molecule has 1 unspecified atom stereocenters. The Morgan fingerprint density at radius 3 is 2.03 bits per heavy atom. The Bertz CT molecular complexity index is 858. The number of ether oxygens (including phenoxy) is 3. The standard InChI is InChI=1S/C21H24ClNO6/c1-5-21(23(25)26,15-6-8-16(22)9-7-15)11-10-17(24)14-12-18(27-2)20(29-4)19(13-14)28-3/h6-9,12-13H,5,10-11H2,1-4H3. The third kappa shape index (κ3) is 4.62. The average molecular weight is 422 g/mol. The van der Waals surface area contributed by atoms with Crippen LogP contribution in [0.2, 0.25) is 5.02 Å². The summed E-state index contributed by atoms with van der Waals surface area (Å²) in [7, 11) is 4.39. The third-order valence-corrected chi connectivity index (χ3v) is 5.32. The van der Waals surface area contributed by atoms with Gasteiger partial charge in [-0.05, 0) is 24.3 Å². The van der Waals surface area contributed by atoms with Crippen LogP contribution in [0.25, 0.3) is 0 Å². The van der Waals surface area contributed by atoms with Crippen LogP contribution >= 0.6 is 11.6 Å². The van der Waals surface area contributed by atoms with E-state index < -0.39 is 5.54 Å². The highest BCUT2D eigenvalue weighted by Crippen LogP contribution is 2.39. The van der Waals surface area contributed by atoms with Crippen molar-refractivity contribution in [3.05, 3.63) is 62.7 Å². The zero-order chi connectivity index (χ0) is 21.6. The minimum Gasteiger partial charge on any atom is -0.493 e. The number of rotatable bonds is 10. The summed E-state index contributed by atoms with van der Waals surface area (Å²) in [5, 5.41) is 12.5. The van der Waals surface area contributed by atoms with Crippen molar-refractivity contribution in [1.82, 2.24) is 0 Å². The van der Waals surface area contributed by atoms with Crippen molar-refractivity contribution in [1.29, 1.82) is 0 Å². The van der Waals surface area contributed by atoms with Crippen molar-refractivity contribution >= 4 is 17.4 Å². The lowest BCUT2D eigenvalue weighted by Crippen LogP contribution is -2.35. The fourth-order valence-corrected chi connectivity index (χ4v) is 3.44. The summed E-state index contributed by atoms with van der Waals surface area (Å²) >= 11 is 5.92. The fraction of sp³-hybridized carbons (Fsp3) is 0.381. The monoisotopic (exact) mass is 421 g/mol. The van der Waals surface area contributed by atoms with Gasteiger partial charge in [-0.15, -0.1) is 0 Å². The summed E-state index contributed by atoms with van der Waals surface area (Å²) < 4.78 is 15.8. The number of halogens is 1. The van der Waals surface area contributed by atoms with Gasteiger partial charge >= 0.3 is 0 Å². The third-order valence-electron chi connectivity index (χ3n) is 5.07. The average Bonchev–Trinajstić information content (AvgIpc) is 2.73. The van der Waals surface area contributed by atoms with E-state index in [9.17, 15) is 14.9 Å². The SMILES string of the molecule is CCC(CCC(=O)c1cc(OC)c(OC)c(OC)c1)(c1ccc(Cl)cc1)[N+](=O)[O-]. The number of carbonyl (C=O) groups is 1. The smallest absolute Gasteiger partial charge is 0.247 e. The van der Waals surface area contributed by atoms with Crippen LogP contribution in [-0.2, 0) is 5.54 Å². The maximum absolute atomic E-state index is 12.9. The van der Waals surface area contributed by atoms with E-state index in [0.29, 0.717) is 33.4 Å². The normalized spacial score (nSPS) is 12.7. The summed E-state index contributed by atoms with van der Waals surface area (Å²) in [4.78, 5) is 24.5. The first-order chi connectivity index (χ1) is 13.8. The van der Waals surface area contributed by atoms with Gasteiger partial charge in [-0.2, -0.15) is 0 Å². The molecule has 2 aromatic carbocycles. The van der Waals surface area contributed by atoms with Gasteiger partial charge in [0.15, 0.2) is 17.3 Å². The van der Waals surface area contributed by atoms with Crippen LogP contribution in [-0.4, -0.2) is 32.0 Å². The molecule has 0 amide bonds. The number of ketones is 1. The Labute approximate surface area is 174 Å². The van der Waals surface area contributed by atoms with Crippen LogP contribution in [0, 0.1) is 10.1 Å². The van der Waals surface area contributed by atoms with Gasteiger partial charge in [-0.25, -0.2) is 0 Å². The van der Waals surface area contributed by atoms with E-state index >= 15 is 0 Å². The second kappa shape index (κ2) is 9.60. The second-order valence-corrected chi connectivity index (χ2v) is 6.92. The van der Waals surface area contributed by atoms with E-state index in [2.05, 4.69) is 0 Å². The second-order valence-electron chi connectivity index (χ2n) is 6.49. The summed E-state index contributed by atoms with van der Waals surface area (Å²) in [5.41, 5.74) is -0.517. The Kier molecular flexibility index (Phi) is 7.45. The topological polar surface area (TPSA) is 87.9 Å². The first-order valence-corrected chi connectivity index (χ1v) is 9.44. The highest BCUT2D eigenvalue weighted by molar-refractivity contribution is 6.30. The Balaban J connectivity index is 2.33. The molecule has 0 spiro atoms. The number of carbonyl (C=O) groups excluding carboxylic acids is 1. The molecule has 0 fully saturated rings. The molecule has 156 valence electrons. The summed E-state index contributed by atoms with van der Waals surface area (Å²) in [6, 6.07) is 9.60. The molecule has 0 N–H and O–H groups in total. The van der Waals surface area contributed by atoms with Gasteiger partial charge in [0.05, 0.1) is 21.3 Å². The van der Waals surface area contributed by atoms with E-state index in [1.54, 1.807) is 43.3 Å².